The number of rotatable bonds is 4. The minimum absolute atomic E-state index is 0.180. The van der Waals surface area contributed by atoms with Crippen LogP contribution in [-0.2, 0) is 6.42 Å². The lowest BCUT2D eigenvalue weighted by atomic mass is 10.1. The highest BCUT2D eigenvalue weighted by Crippen LogP contribution is 2.24. The molecule has 0 aliphatic heterocycles. The maximum Gasteiger partial charge on any atom is 0.263 e. The predicted octanol–water partition coefficient (Wildman–Crippen LogP) is 2.31. The average Bonchev–Trinajstić information content (AvgIpc) is 2.96. The summed E-state index contributed by atoms with van der Waals surface area (Å²) in [6, 6.07) is 2.23. The van der Waals surface area contributed by atoms with Gasteiger partial charge in [-0.05, 0) is 33.8 Å². The Bertz CT molecular complexity index is 775. The summed E-state index contributed by atoms with van der Waals surface area (Å²) in [5.74, 6) is 1.42. The van der Waals surface area contributed by atoms with Crippen LogP contribution in [0.25, 0.3) is 11.1 Å². The number of nitrogens with one attached hydrogen (secondary N) is 2. The van der Waals surface area contributed by atoms with E-state index in [0.717, 1.165) is 34.7 Å². The predicted molar refractivity (Wildman–Crippen MR) is 79.2 cm³/mol. The monoisotopic (exact) mass is 286 g/mol. The fraction of sp³-hybridized carbons (Fsp3) is 0.429. The smallest absolute Gasteiger partial charge is 0.263 e. The molecule has 7 nitrogen and oxygen atoms in total. The number of aromatic amines is 1. The summed E-state index contributed by atoms with van der Waals surface area (Å²) >= 11 is 0. The van der Waals surface area contributed by atoms with Crippen LogP contribution >= 0.6 is 0 Å². The van der Waals surface area contributed by atoms with Crippen LogP contribution in [0.3, 0.4) is 0 Å². The molecule has 7 heteroatoms. The Labute approximate surface area is 122 Å². The molecule has 0 unspecified atom stereocenters. The Balaban J connectivity index is 1.85. The molecule has 0 amide bonds. The summed E-state index contributed by atoms with van der Waals surface area (Å²) in [4.78, 5) is 8.72. The summed E-state index contributed by atoms with van der Waals surface area (Å²) in [5.41, 5.74) is 3.39. The molecule has 0 saturated heterocycles. The van der Waals surface area contributed by atoms with Gasteiger partial charge >= 0.3 is 0 Å². The molecule has 1 atom stereocenters. The van der Waals surface area contributed by atoms with E-state index < -0.39 is 0 Å². The first-order valence-electron chi connectivity index (χ1n) is 6.91. The molecule has 0 aromatic carbocycles. The molecule has 0 aliphatic rings. The van der Waals surface area contributed by atoms with Gasteiger partial charge in [-0.15, -0.1) is 0 Å². The second kappa shape index (κ2) is 5.16. The van der Waals surface area contributed by atoms with Gasteiger partial charge in [0.05, 0.1) is 11.4 Å². The molecule has 0 bridgehead atoms. The molecule has 0 fully saturated rings. The topological polar surface area (TPSA) is 92.5 Å². The van der Waals surface area contributed by atoms with Gasteiger partial charge in [0.15, 0.2) is 0 Å². The van der Waals surface area contributed by atoms with Gasteiger partial charge in [-0.1, -0.05) is 5.16 Å². The van der Waals surface area contributed by atoms with Crippen LogP contribution in [-0.4, -0.2) is 31.4 Å². The molecule has 110 valence electrons. The zero-order chi connectivity index (χ0) is 15.0. The number of aryl methyl sites for hydroxylation is 3. The second-order valence-electron chi connectivity index (χ2n) is 5.36. The highest BCUT2D eigenvalue weighted by atomic mass is 16.5. The maximum atomic E-state index is 5.21. The van der Waals surface area contributed by atoms with Crippen LogP contribution in [0, 0.1) is 20.8 Å². The number of nitrogens with zero attached hydrogens (tertiary/aromatic N) is 4. The minimum atomic E-state index is 0.180. The third-order valence-electron chi connectivity index (χ3n) is 3.28. The molecule has 0 saturated carbocycles. The lowest BCUT2D eigenvalue weighted by Gasteiger charge is -2.14. The molecule has 3 rings (SSSR count). The van der Waals surface area contributed by atoms with Crippen molar-refractivity contribution >= 4 is 16.9 Å². The quantitative estimate of drug-likeness (QED) is 0.764. The lowest BCUT2D eigenvalue weighted by molar-refractivity contribution is 0.442. The highest BCUT2D eigenvalue weighted by molar-refractivity contribution is 5.87. The zero-order valence-electron chi connectivity index (χ0n) is 12.6. The molecular weight excluding hydrogens is 268 g/mol. The van der Waals surface area contributed by atoms with Crippen LogP contribution in [0.2, 0.25) is 0 Å². The van der Waals surface area contributed by atoms with E-state index in [2.05, 4.69) is 37.6 Å². The molecular formula is C14H18N6O. The number of hydrogen-bond acceptors (Lipinski definition) is 6. The van der Waals surface area contributed by atoms with Gasteiger partial charge in [0, 0.05) is 18.2 Å². The van der Waals surface area contributed by atoms with E-state index in [4.69, 9.17) is 4.52 Å². The Morgan fingerprint density at radius 2 is 2.10 bits per heavy atom. The van der Waals surface area contributed by atoms with Crippen molar-refractivity contribution in [3.8, 4) is 0 Å². The van der Waals surface area contributed by atoms with Gasteiger partial charge < -0.3 is 9.84 Å². The van der Waals surface area contributed by atoms with Crippen molar-refractivity contribution in [2.75, 3.05) is 5.32 Å². The third kappa shape index (κ3) is 2.72. The highest BCUT2D eigenvalue weighted by Gasteiger charge is 2.16. The summed E-state index contributed by atoms with van der Waals surface area (Å²) in [6.45, 7) is 7.81. The normalized spacial score (nSPS) is 12.8. The maximum absolute atomic E-state index is 5.21. The Morgan fingerprint density at radius 1 is 1.29 bits per heavy atom. The standard InChI is InChI=1S/C14H18N6O/c1-7(5-11-6-8(2)18-19-11)15-13-12-9(3)20-21-14(12)17-10(4)16-13/h6-7H,5H2,1-4H3,(H,18,19)(H,15,16,17)/t7-/m1/s1. The van der Waals surface area contributed by atoms with Gasteiger partial charge in [-0.3, -0.25) is 5.10 Å². The molecule has 3 aromatic heterocycles. The SMILES string of the molecule is Cc1nc(N[C@H](C)Cc2cc(C)[nH]n2)c2c(C)noc2n1. The summed E-state index contributed by atoms with van der Waals surface area (Å²) < 4.78 is 5.21. The Kier molecular flexibility index (Phi) is 3.32. The average molecular weight is 286 g/mol. The van der Waals surface area contributed by atoms with Gasteiger partial charge in [0.2, 0.25) is 0 Å². The number of hydrogen-bond donors (Lipinski definition) is 2. The summed E-state index contributed by atoms with van der Waals surface area (Å²) in [7, 11) is 0. The van der Waals surface area contributed by atoms with E-state index in [1.807, 2.05) is 26.8 Å². The first-order valence-corrected chi connectivity index (χ1v) is 6.91. The Hall–Kier alpha value is -2.44. The van der Waals surface area contributed by atoms with Crippen LogP contribution in [0.1, 0.15) is 29.8 Å². The molecule has 2 N–H and O–H groups in total. The first-order chi connectivity index (χ1) is 10.0. The third-order valence-corrected chi connectivity index (χ3v) is 3.28. The van der Waals surface area contributed by atoms with Crippen LogP contribution in [0.5, 0.6) is 0 Å². The van der Waals surface area contributed by atoms with Crippen LogP contribution in [0.15, 0.2) is 10.6 Å². The van der Waals surface area contributed by atoms with Crippen molar-refractivity contribution in [3.05, 3.63) is 29.0 Å². The van der Waals surface area contributed by atoms with Gasteiger partial charge in [0.1, 0.15) is 17.0 Å². The van der Waals surface area contributed by atoms with Crippen LogP contribution < -0.4 is 5.32 Å². The molecule has 3 heterocycles. The van der Waals surface area contributed by atoms with E-state index in [-0.39, 0.29) is 6.04 Å². The molecule has 3 aromatic rings. The van der Waals surface area contributed by atoms with E-state index >= 15 is 0 Å². The zero-order valence-corrected chi connectivity index (χ0v) is 12.6. The van der Waals surface area contributed by atoms with Crippen molar-refractivity contribution in [2.24, 2.45) is 0 Å². The van der Waals surface area contributed by atoms with Gasteiger partial charge in [0.25, 0.3) is 5.71 Å². The largest absolute Gasteiger partial charge is 0.366 e. The second-order valence-corrected chi connectivity index (χ2v) is 5.36. The van der Waals surface area contributed by atoms with E-state index in [1.165, 1.54) is 0 Å². The molecule has 0 radical (unpaired) electrons. The van der Waals surface area contributed by atoms with E-state index in [9.17, 15) is 0 Å². The van der Waals surface area contributed by atoms with E-state index in [1.54, 1.807) is 0 Å². The minimum Gasteiger partial charge on any atom is -0.366 e. The molecule has 0 aliphatic carbocycles. The lowest BCUT2D eigenvalue weighted by Crippen LogP contribution is -2.19. The van der Waals surface area contributed by atoms with Crippen molar-refractivity contribution < 1.29 is 4.52 Å². The van der Waals surface area contributed by atoms with Crippen molar-refractivity contribution in [1.82, 2.24) is 25.3 Å². The van der Waals surface area contributed by atoms with Crippen molar-refractivity contribution in [3.63, 3.8) is 0 Å². The van der Waals surface area contributed by atoms with Gasteiger partial charge in [-0.25, -0.2) is 4.98 Å². The number of aromatic nitrogens is 5. The fourth-order valence-electron chi connectivity index (χ4n) is 2.38. The molecule has 21 heavy (non-hydrogen) atoms. The van der Waals surface area contributed by atoms with Crippen molar-refractivity contribution in [1.29, 1.82) is 0 Å². The fourth-order valence-corrected chi connectivity index (χ4v) is 2.38. The Morgan fingerprint density at radius 3 is 2.81 bits per heavy atom. The number of H-pyrrole nitrogens is 1. The number of anilines is 1. The summed E-state index contributed by atoms with van der Waals surface area (Å²) in [6.07, 6.45) is 0.805. The van der Waals surface area contributed by atoms with Crippen molar-refractivity contribution in [2.45, 2.75) is 40.2 Å². The number of fused-ring (bicyclic) bond motifs is 1. The van der Waals surface area contributed by atoms with Gasteiger partial charge in [-0.2, -0.15) is 10.1 Å². The summed E-state index contributed by atoms with van der Waals surface area (Å²) in [5, 5.41) is 15.4. The molecule has 0 spiro atoms. The van der Waals surface area contributed by atoms with Crippen LogP contribution in [0.4, 0.5) is 5.82 Å². The first kappa shape index (κ1) is 13.5. The van der Waals surface area contributed by atoms with E-state index in [0.29, 0.717) is 11.5 Å².